The maximum absolute atomic E-state index is 12.5. The van der Waals surface area contributed by atoms with E-state index < -0.39 is 5.44 Å². The minimum absolute atomic E-state index is 0.129. The van der Waals surface area contributed by atoms with Crippen LogP contribution in [0.2, 0.25) is 0 Å². The van der Waals surface area contributed by atoms with Crippen LogP contribution in [-0.2, 0) is 16.1 Å². The summed E-state index contributed by atoms with van der Waals surface area (Å²) in [4.78, 5) is 37.6. The minimum atomic E-state index is -0.948. The van der Waals surface area contributed by atoms with Gasteiger partial charge in [0.1, 0.15) is 7.85 Å². The largest absolute Gasteiger partial charge is 0.327 e. The predicted octanol–water partition coefficient (Wildman–Crippen LogP) is -0.283. The number of nitrogens with one attached hydrogen (secondary N) is 1. The Morgan fingerprint density at radius 1 is 1.30 bits per heavy atom. The molecular weight excluding hydrogens is 255 g/mol. The Morgan fingerprint density at radius 2 is 2.05 bits per heavy atom. The molecule has 0 saturated carbocycles. The molecule has 0 aliphatic carbocycles. The zero-order valence-electron chi connectivity index (χ0n) is 11.5. The Labute approximate surface area is 117 Å². The van der Waals surface area contributed by atoms with Crippen LogP contribution in [0.4, 0.5) is 0 Å². The number of hydrogen-bond acceptors (Lipinski definition) is 3. The summed E-state index contributed by atoms with van der Waals surface area (Å²) in [6.45, 7) is 2.39. The smallest absolute Gasteiger partial charge is 0.254 e. The van der Waals surface area contributed by atoms with Crippen LogP contribution in [0.3, 0.4) is 0 Å². The van der Waals surface area contributed by atoms with Crippen LogP contribution in [0.15, 0.2) is 18.2 Å². The van der Waals surface area contributed by atoms with Gasteiger partial charge < -0.3 is 4.90 Å². The molecule has 3 rings (SSSR count). The molecule has 0 radical (unpaired) electrons. The third-order valence-corrected chi connectivity index (χ3v) is 4.38. The molecule has 1 saturated heterocycles. The second-order valence-corrected chi connectivity index (χ2v) is 5.64. The van der Waals surface area contributed by atoms with E-state index in [-0.39, 0.29) is 24.1 Å². The van der Waals surface area contributed by atoms with Gasteiger partial charge in [-0.3, -0.25) is 19.7 Å². The van der Waals surface area contributed by atoms with Crippen LogP contribution in [0.5, 0.6) is 0 Å². The lowest BCUT2D eigenvalue weighted by atomic mass is 9.70. The van der Waals surface area contributed by atoms with Crippen molar-refractivity contribution in [1.29, 1.82) is 0 Å². The van der Waals surface area contributed by atoms with Crippen LogP contribution in [0.25, 0.3) is 0 Å². The molecule has 5 nitrogen and oxygen atoms in total. The van der Waals surface area contributed by atoms with E-state index in [4.69, 9.17) is 0 Å². The second kappa shape index (κ2) is 4.20. The fourth-order valence-corrected chi connectivity index (χ4v) is 2.94. The number of carbonyl (C=O) groups is 3. The number of rotatable bonds is 1. The van der Waals surface area contributed by atoms with Crippen molar-refractivity contribution in [2.24, 2.45) is 0 Å². The number of fused-ring (bicyclic) bond motifs is 1. The Morgan fingerprint density at radius 3 is 2.70 bits per heavy atom. The van der Waals surface area contributed by atoms with Gasteiger partial charge in [-0.25, -0.2) is 0 Å². The van der Waals surface area contributed by atoms with E-state index in [9.17, 15) is 14.4 Å². The third-order valence-electron chi connectivity index (χ3n) is 4.38. The van der Waals surface area contributed by atoms with E-state index >= 15 is 0 Å². The zero-order chi connectivity index (χ0) is 14.5. The van der Waals surface area contributed by atoms with Crippen molar-refractivity contribution in [3.8, 4) is 0 Å². The van der Waals surface area contributed by atoms with Gasteiger partial charge in [-0.2, -0.15) is 0 Å². The average Bonchev–Trinajstić information content (AvgIpc) is 2.75. The monoisotopic (exact) mass is 270 g/mol. The summed E-state index contributed by atoms with van der Waals surface area (Å²) >= 11 is 0. The van der Waals surface area contributed by atoms with Gasteiger partial charge >= 0.3 is 0 Å². The fraction of sp³-hybridized carbons (Fsp3) is 0.357. The molecule has 1 atom stereocenters. The fourth-order valence-electron chi connectivity index (χ4n) is 2.94. The molecule has 6 heteroatoms. The van der Waals surface area contributed by atoms with Crippen molar-refractivity contribution in [1.82, 2.24) is 10.2 Å². The molecule has 20 heavy (non-hydrogen) atoms. The van der Waals surface area contributed by atoms with Crippen molar-refractivity contribution in [3.05, 3.63) is 34.9 Å². The predicted molar refractivity (Wildman–Crippen MR) is 74.7 cm³/mol. The summed E-state index contributed by atoms with van der Waals surface area (Å²) in [5, 5.41) is 2.34. The van der Waals surface area contributed by atoms with Gasteiger partial charge in [-0.15, -0.1) is 0 Å². The van der Waals surface area contributed by atoms with Gasteiger partial charge in [-0.05, 0) is 30.5 Å². The first kappa shape index (κ1) is 12.9. The van der Waals surface area contributed by atoms with Gasteiger partial charge in [0.25, 0.3) is 5.91 Å². The summed E-state index contributed by atoms with van der Waals surface area (Å²) in [5.74, 6) is -0.781. The van der Waals surface area contributed by atoms with Crippen molar-refractivity contribution in [3.63, 3.8) is 0 Å². The van der Waals surface area contributed by atoms with E-state index in [1.54, 1.807) is 18.8 Å². The zero-order valence-corrected chi connectivity index (χ0v) is 11.5. The molecule has 0 aromatic heterocycles. The third kappa shape index (κ3) is 1.67. The summed E-state index contributed by atoms with van der Waals surface area (Å²) in [6, 6.07) is 5.60. The Hall–Kier alpha value is -2.11. The lowest BCUT2D eigenvalue weighted by Gasteiger charge is -2.40. The molecule has 1 aromatic carbocycles. The summed E-state index contributed by atoms with van der Waals surface area (Å²) < 4.78 is 0. The van der Waals surface area contributed by atoms with Gasteiger partial charge in [0.05, 0.1) is 5.44 Å². The van der Waals surface area contributed by atoms with E-state index in [0.717, 1.165) is 11.1 Å². The maximum Gasteiger partial charge on any atom is 0.254 e. The molecule has 0 bridgehead atoms. The normalized spacial score (nSPS) is 25.6. The number of imide groups is 1. The van der Waals surface area contributed by atoms with Gasteiger partial charge in [0.2, 0.25) is 11.8 Å². The first-order valence-electron chi connectivity index (χ1n) is 6.68. The first-order valence-corrected chi connectivity index (χ1v) is 6.68. The minimum Gasteiger partial charge on any atom is -0.327 e. The van der Waals surface area contributed by atoms with Gasteiger partial charge in [0, 0.05) is 18.5 Å². The standard InChI is InChI=1S/C14H15BN2O3/c1-8-3-2-4-9-10(8)7-17(12(9)19)14(15)6-5-11(18)16-13(14)20/h2-4H,5-7,15H2,1H3,(H,16,18,20). The number of carbonyl (C=O) groups excluding carboxylic acids is 3. The van der Waals surface area contributed by atoms with Crippen molar-refractivity contribution in [2.45, 2.75) is 31.7 Å². The van der Waals surface area contributed by atoms with E-state index in [0.29, 0.717) is 18.5 Å². The summed E-state index contributed by atoms with van der Waals surface area (Å²) in [5.41, 5.74) is 1.74. The molecule has 3 amide bonds. The van der Waals surface area contributed by atoms with Crippen LogP contribution in [0, 0.1) is 6.92 Å². The first-order chi connectivity index (χ1) is 9.43. The summed E-state index contributed by atoms with van der Waals surface area (Å²) in [6.07, 6.45) is 0.637. The molecule has 1 fully saturated rings. The van der Waals surface area contributed by atoms with Crippen LogP contribution in [0.1, 0.15) is 34.3 Å². The number of hydrogen-bond donors (Lipinski definition) is 1. The number of amides is 3. The molecule has 1 aromatic rings. The van der Waals surface area contributed by atoms with E-state index in [1.165, 1.54) is 0 Å². The highest BCUT2D eigenvalue weighted by Gasteiger charge is 2.48. The number of benzene rings is 1. The van der Waals surface area contributed by atoms with E-state index in [1.807, 2.05) is 19.1 Å². The lowest BCUT2D eigenvalue weighted by Crippen LogP contribution is -2.63. The van der Waals surface area contributed by atoms with Crippen molar-refractivity contribution < 1.29 is 14.4 Å². The van der Waals surface area contributed by atoms with Crippen LogP contribution in [-0.4, -0.2) is 35.9 Å². The van der Waals surface area contributed by atoms with Crippen molar-refractivity contribution in [2.75, 3.05) is 0 Å². The highest BCUT2D eigenvalue weighted by Crippen LogP contribution is 2.33. The molecule has 0 spiro atoms. The number of piperidine rings is 1. The highest BCUT2D eigenvalue weighted by atomic mass is 16.2. The number of nitrogens with zero attached hydrogens (tertiary/aromatic N) is 1. The lowest BCUT2D eigenvalue weighted by molar-refractivity contribution is -0.138. The number of aryl methyl sites for hydroxylation is 1. The molecule has 2 aliphatic rings. The Kier molecular flexibility index (Phi) is 2.71. The molecule has 2 aliphatic heterocycles. The molecule has 1 unspecified atom stereocenters. The van der Waals surface area contributed by atoms with Gasteiger partial charge in [-0.1, -0.05) is 12.1 Å². The van der Waals surface area contributed by atoms with E-state index in [2.05, 4.69) is 5.32 Å². The molecule has 102 valence electrons. The second-order valence-electron chi connectivity index (χ2n) is 5.64. The topological polar surface area (TPSA) is 66.5 Å². The van der Waals surface area contributed by atoms with Crippen LogP contribution >= 0.6 is 0 Å². The van der Waals surface area contributed by atoms with Gasteiger partial charge in [0.15, 0.2) is 0 Å². The molecule has 2 heterocycles. The average molecular weight is 270 g/mol. The SMILES string of the molecule is BC1(N2Cc3c(C)cccc3C2=O)CCC(=O)NC1=O. The molecular formula is C14H15BN2O3. The Bertz CT molecular complexity index is 643. The highest BCUT2D eigenvalue weighted by molar-refractivity contribution is 6.32. The maximum atomic E-state index is 12.5. The van der Waals surface area contributed by atoms with Crippen LogP contribution < -0.4 is 5.32 Å². The summed E-state index contributed by atoms with van der Waals surface area (Å²) in [7, 11) is 1.73. The quantitative estimate of drug-likeness (QED) is 0.563. The van der Waals surface area contributed by atoms with Crippen molar-refractivity contribution >= 4 is 25.6 Å². The Balaban J connectivity index is 1.98. The molecule has 1 N–H and O–H groups in total.